The van der Waals surface area contributed by atoms with E-state index < -0.39 is 55.9 Å². The highest BCUT2D eigenvalue weighted by Crippen LogP contribution is 2.45. The lowest BCUT2D eigenvalue weighted by atomic mass is 10.1. The monoisotopic (exact) mass is 386 g/mol. The summed E-state index contributed by atoms with van der Waals surface area (Å²) >= 11 is 0. The van der Waals surface area contributed by atoms with Gasteiger partial charge < -0.3 is 19.8 Å². The van der Waals surface area contributed by atoms with Gasteiger partial charge in [0.25, 0.3) is 0 Å². The number of esters is 1. The van der Waals surface area contributed by atoms with Crippen molar-refractivity contribution in [1.82, 2.24) is 0 Å². The molecule has 0 radical (unpaired) electrons. The van der Waals surface area contributed by atoms with Gasteiger partial charge in [0.05, 0.1) is 11.8 Å². The molecule has 3 atom stereocenters. The maximum absolute atomic E-state index is 12.3. The predicted molar refractivity (Wildman–Crippen MR) is 93.0 cm³/mol. The highest BCUT2D eigenvalue weighted by Gasteiger charge is 2.32. The first-order chi connectivity index (χ1) is 12.1. The topological polar surface area (TPSA) is 138 Å². The van der Waals surface area contributed by atoms with E-state index in [-0.39, 0.29) is 13.0 Å². The predicted octanol–water partition coefficient (Wildman–Crippen LogP) is 2.20. The van der Waals surface area contributed by atoms with Crippen LogP contribution in [0.25, 0.3) is 0 Å². The molecule has 0 aliphatic heterocycles. The van der Waals surface area contributed by atoms with Gasteiger partial charge in [-0.25, -0.2) is 0 Å². The fourth-order valence-corrected chi connectivity index (χ4v) is 4.56. The quantitative estimate of drug-likeness (QED) is 0.389. The van der Waals surface area contributed by atoms with Crippen molar-refractivity contribution in [2.75, 3.05) is 12.3 Å². The van der Waals surface area contributed by atoms with Crippen LogP contribution >= 0.6 is 7.37 Å². The first kappa shape index (κ1) is 21.9. The van der Waals surface area contributed by atoms with Gasteiger partial charge in [0, 0.05) is 18.7 Å². The molecule has 26 heavy (non-hydrogen) atoms. The minimum absolute atomic E-state index is 0.0378. The molecular formula is C17H23O8P. The number of hydrogen-bond acceptors (Lipinski definition) is 5. The van der Waals surface area contributed by atoms with Crippen LogP contribution in [-0.4, -0.2) is 45.3 Å². The van der Waals surface area contributed by atoms with Gasteiger partial charge in [-0.2, -0.15) is 0 Å². The number of rotatable bonds is 11. The highest BCUT2D eigenvalue weighted by molar-refractivity contribution is 7.58. The largest absolute Gasteiger partial charge is 0.481 e. The molecule has 0 saturated carbocycles. The van der Waals surface area contributed by atoms with Gasteiger partial charge in [-0.3, -0.25) is 18.9 Å². The summed E-state index contributed by atoms with van der Waals surface area (Å²) in [6, 6.07) is 8.94. The second kappa shape index (κ2) is 10.1. The highest BCUT2D eigenvalue weighted by atomic mass is 31.2. The van der Waals surface area contributed by atoms with E-state index in [1.54, 1.807) is 24.3 Å². The Morgan fingerprint density at radius 2 is 1.73 bits per heavy atom. The number of carbonyl (C=O) groups excluding carboxylic acids is 1. The first-order valence-corrected chi connectivity index (χ1v) is 10.1. The minimum Gasteiger partial charge on any atom is -0.481 e. The molecule has 0 aliphatic carbocycles. The second-order valence-corrected chi connectivity index (χ2v) is 8.60. The summed E-state index contributed by atoms with van der Waals surface area (Å²) in [7, 11) is -3.94. The third kappa shape index (κ3) is 8.27. The number of carboxylic acid groups (broad SMARTS) is 2. The number of aliphatic carboxylic acids is 2. The molecule has 1 aromatic carbocycles. The van der Waals surface area contributed by atoms with Crippen LogP contribution in [0.2, 0.25) is 0 Å². The van der Waals surface area contributed by atoms with E-state index in [2.05, 4.69) is 0 Å². The third-order valence-corrected chi connectivity index (χ3v) is 5.88. The Hall–Kier alpha value is -2.18. The summed E-state index contributed by atoms with van der Waals surface area (Å²) in [5, 5.41) is 17.7. The van der Waals surface area contributed by atoms with Crippen LogP contribution in [0.5, 0.6) is 0 Å². The van der Waals surface area contributed by atoms with Crippen molar-refractivity contribution in [3.05, 3.63) is 35.9 Å². The third-order valence-electron chi connectivity index (χ3n) is 3.75. The molecule has 9 heteroatoms. The second-order valence-electron chi connectivity index (χ2n) is 6.17. The SMILES string of the molecule is CC(CP(=O)(O)CC(CCC(=O)O)C(=O)O)C(=O)OCc1ccccc1. The van der Waals surface area contributed by atoms with E-state index in [9.17, 15) is 23.8 Å². The van der Waals surface area contributed by atoms with Crippen molar-refractivity contribution < 1.29 is 38.8 Å². The minimum atomic E-state index is -3.94. The Kier molecular flexibility index (Phi) is 8.48. The van der Waals surface area contributed by atoms with E-state index in [0.29, 0.717) is 0 Å². The average Bonchev–Trinajstić information content (AvgIpc) is 2.56. The Morgan fingerprint density at radius 3 is 2.27 bits per heavy atom. The van der Waals surface area contributed by atoms with Gasteiger partial charge in [-0.05, 0) is 12.0 Å². The van der Waals surface area contributed by atoms with Crippen molar-refractivity contribution in [3.63, 3.8) is 0 Å². The molecule has 0 saturated heterocycles. The van der Waals surface area contributed by atoms with Gasteiger partial charge in [0.2, 0.25) is 7.37 Å². The molecule has 3 unspecified atom stereocenters. The smallest absolute Gasteiger partial charge is 0.309 e. The van der Waals surface area contributed by atoms with Crippen LogP contribution in [0, 0.1) is 11.8 Å². The lowest BCUT2D eigenvalue weighted by Gasteiger charge is -2.19. The van der Waals surface area contributed by atoms with Crippen LogP contribution < -0.4 is 0 Å². The van der Waals surface area contributed by atoms with Crippen LogP contribution in [0.3, 0.4) is 0 Å². The van der Waals surface area contributed by atoms with Crippen LogP contribution in [0.15, 0.2) is 30.3 Å². The number of carbonyl (C=O) groups is 3. The molecule has 0 spiro atoms. The molecule has 0 amide bonds. The van der Waals surface area contributed by atoms with Gasteiger partial charge in [-0.1, -0.05) is 37.3 Å². The van der Waals surface area contributed by atoms with Crippen molar-refractivity contribution in [3.8, 4) is 0 Å². The number of ether oxygens (including phenoxy) is 1. The van der Waals surface area contributed by atoms with E-state index in [4.69, 9.17) is 14.9 Å². The molecule has 0 fully saturated rings. The molecule has 0 aromatic heterocycles. The molecule has 3 N–H and O–H groups in total. The van der Waals surface area contributed by atoms with Crippen LogP contribution in [0.1, 0.15) is 25.3 Å². The number of hydrogen-bond donors (Lipinski definition) is 3. The zero-order valence-electron chi connectivity index (χ0n) is 14.4. The zero-order chi connectivity index (χ0) is 19.7. The van der Waals surface area contributed by atoms with E-state index in [1.165, 1.54) is 6.92 Å². The molecule has 1 rings (SSSR count). The molecule has 0 bridgehead atoms. The summed E-state index contributed by atoms with van der Waals surface area (Å²) in [4.78, 5) is 43.7. The number of carboxylic acids is 2. The van der Waals surface area contributed by atoms with Crippen LogP contribution in [-0.2, 0) is 30.3 Å². The molecule has 0 heterocycles. The lowest BCUT2D eigenvalue weighted by Crippen LogP contribution is -2.23. The fraction of sp³-hybridized carbons (Fsp3) is 0.471. The summed E-state index contributed by atoms with van der Waals surface area (Å²) in [5.41, 5.74) is 0.778. The summed E-state index contributed by atoms with van der Waals surface area (Å²) in [6.07, 6.45) is -1.66. The molecule has 8 nitrogen and oxygen atoms in total. The fourth-order valence-electron chi connectivity index (χ4n) is 2.38. The summed E-state index contributed by atoms with van der Waals surface area (Å²) in [5.74, 6) is -5.31. The van der Waals surface area contributed by atoms with E-state index in [0.717, 1.165) is 5.56 Å². The molecule has 1 aromatic rings. The van der Waals surface area contributed by atoms with Gasteiger partial charge in [-0.15, -0.1) is 0 Å². The standard InChI is InChI=1S/C17H23O8P/c1-12(17(22)25-9-13-5-3-2-4-6-13)10-26(23,24)11-14(16(20)21)7-8-15(18)19/h2-6,12,14H,7-11H2,1H3,(H,18,19)(H,20,21)(H,23,24). The van der Waals surface area contributed by atoms with Gasteiger partial charge in [0.15, 0.2) is 0 Å². The van der Waals surface area contributed by atoms with E-state index >= 15 is 0 Å². The van der Waals surface area contributed by atoms with Crippen molar-refractivity contribution in [1.29, 1.82) is 0 Å². The lowest BCUT2D eigenvalue weighted by molar-refractivity contribution is -0.148. The Balaban J connectivity index is 2.57. The maximum Gasteiger partial charge on any atom is 0.309 e. The van der Waals surface area contributed by atoms with Crippen molar-refractivity contribution >= 4 is 25.3 Å². The van der Waals surface area contributed by atoms with Crippen molar-refractivity contribution in [2.24, 2.45) is 11.8 Å². The van der Waals surface area contributed by atoms with Crippen LogP contribution in [0.4, 0.5) is 0 Å². The van der Waals surface area contributed by atoms with E-state index in [1.807, 2.05) is 6.07 Å². The molecule has 0 aliphatic rings. The maximum atomic E-state index is 12.3. The molecular weight excluding hydrogens is 363 g/mol. The molecule has 144 valence electrons. The number of benzene rings is 1. The summed E-state index contributed by atoms with van der Waals surface area (Å²) in [6.45, 7) is 1.47. The Bertz CT molecular complexity index is 673. The Labute approximate surface area is 151 Å². The zero-order valence-corrected chi connectivity index (χ0v) is 15.3. The summed E-state index contributed by atoms with van der Waals surface area (Å²) < 4.78 is 17.4. The average molecular weight is 386 g/mol. The van der Waals surface area contributed by atoms with Gasteiger partial charge >= 0.3 is 17.9 Å². The van der Waals surface area contributed by atoms with Crippen molar-refractivity contribution in [2.45, 2.75) is 26.4 Å². The normalized spacial score (nSPS) is 15.5. The first-order valence-electron chi connectivity index (χ1n) is 8.06. The van der Waals surface area contributed by atoms with Gasteiger partial charge in [0.1, 0.15) is 6.61 Å². The Morgan fingerprint density at radius 1 is 1.12 bits per heavy atom.